The maximum absolute atomic E-state index is 13.7. The van der Waals surface area contributed by atoms with Crippen LogP contribution in [-0.2, 0) is 9.47 Å². The molecule has 1 aromatic carbocycles. The molecule has 1 N–H and O–H groups in total. The second-order valence-corrected chi connectivity index (χ2v) is 5.39. The molecule has 4 heteroatoms. The van der Waals surface area contributed by atoms with Crippen molar-refractivity contribution < 1.29 is 13.9 Å². The van der Waals surface area contributed by atoms with Gasteiger partial charge in [0.05, 0.1) is 11.6 Å². The highest BCUT2D eigenvalue weighted by Crippen LogP contribution is 2.38. The number of hydrogen-bond acceptors (Lipinski definition) is 3. The maximum atomic E-state index is 13.7. The van der Waals surface area contributed by atoms with E-state index in [2.05, 4.69) is 5.32 Å². The fraction of sp³-hybridized carbons (Fsp3) is 0.625. The van der Waals surface area contributed by atoms with Gasteiger partial charge in [0, 0.05) is 32.7 Å². The fourth-order valence-corrected chi connectivity index (χ4v) is 3.19. The third-order valence-electron chi connectivity index (χ3n) is 3.98. The van der Waals surface area contributed by atoms with Crippen LogP contribution >= 0.6 is 0 Å². The van der Waals surface area contributed by atoms with Gasteiger partial charge >= 0.3 is 0 Å². The van der Waals surface area contributed by atoms with Crippen molar-refractivity contribution in [2.24, 2.45) is 0 Å². The lowest BCUT2D eigenvalue weighted by Gasteiger charge is -2.43. The summed E-state index contributed by atoms with van der Waals surface area (Å²) >= 11 is 0. The van der Waals surface area contributed by atoms with Gasteiger partial charge in [-0.05, 0) is 44.2 Å². The largest absolute Gasteiger partial charge is 0.381 e. The predicted molar refractivity (Wildman–Crippen MR) is 77.3 cm³/mol. The molecule has 3 nitrogen and oxygen atoms in total. The van der Waals surface area contributed by atoms with E-state index < -0.39 is 0 Å². The van der Waals surface area contributed by atoms with E-state index >= 15 is 0 Å². The number of halogens is 1. The minimum Gasteiger partial charge on any atom is -0.381 e. The monoisotopic (exact) mass is 281 g/mol. The topological polar surface area (TPSA) is 30.5 Å². The first-order chi connectivity index (χ1) is 9.61. The van der Waals surface area contributed by atoms with Gasteiger partial charge in [-0.3, -0.25) is 0 Å². The molecule has 1 aliphatic heterocycles. The first-order valence-corrected chi connectivity index (χ1v) is 7.27. The standard InChI is InChI=1S/C16H24FNO2/c1-4-20-16(5-7-19-8-6-16)15(18-3)13-9-12(2)10-14(17)11-13/h9-11,15,18H,4-8H2,1-3H3. The molecule has 0 bridgehead atoms. The second kappa shape index (κ2) is 6.66. The third kappa shape index (κ3) is 3.19. The Morgan fingerprint density at radius 1 is 1.35 bits per heavy atom. The predicted octanol–water partition coefficient (Wildman–Crippen LogP) is 2.98. The molecular weight excluding hydrogens is 257 g/mol. The van der Waals surface area contributed by atoms with E-state index in [9.17, 15) is 4.39 Å². The molecule has 2 rings (SSSR count). The van der Waals surface area contributed by atoms with Crippen molar-refractivity contribution in [2.45, 2.75) is 38.3 Å². The van der Waals surface area contributed by atoms with Crippen LogP contribution in [0.15, 0.2) is 18.2 Å². The smallest absolute Gasteiger partial charge is 0.123 e. The lowest BCUT2D eigenvalue weighted by atomic mass is 9.81. The van der Waals surface area contributed by atoms with Crippen LogP contribution in [0.4, 0.5) is 4.39 Å². The van der Waals surface area contributed by atoms with Crippen LogP contribution in [0.5, 0.6) is 0 Å². The second-order valence-electron chi connectivity index (χ2n) is 5.39. The molecule has 0 aromatic heterocycles. The minimum atomic E-state index is -0.317. The molecule has 20 heavy (non-hydrogen) atoms. The van der Waals surface area contributed by atoms with Gasteiger partial charge in [0.15, 0.2) is 0 Å². The number of likely N-dealkylation sites (N-methyl/N-ethyl adjacent to an activating group) is 1. The molecule has 1 fully saturated rings. The number of rotatable bonds is 5. The van der Waals surface area contributed by atoms with Crippen LogP contribution < -0.4 is 5.32 Å². The molecule has 1 heterocycles. The Kier molecular flexibility index (Phi) is 5.13. The molecule has 1 aliphatic rings. The van der Waals surface area contributed by atoms with E-state index in [4.69, 9.17) is 9.47 Å². The quantitative estimate of drug-likeness (QED) is 0.900. The first-order valence-electron chi connectivity index (χ1n) is 7.27. The van der Waals surface area contributed by atoms with Crippen molar-refractivity contribution in [3.8, 4) is 0 Å². The summed E-state index contributed by atoms with van der Waals surface area (Å²) < 4.78 is 25.3. The molecule has 1 unspecified atom stereocenters. The first kappa shape index (κ1) is 15.4. The Morgan fingerprint density at radius 3 is 2.60 bits per heavy atom. The number of nitrogens with one attached hydrogen (secondary N) is 1. The van der Waals surface area contributed by atoms with Gasteiger partial charge in [0.25, 0.3) is 0 Å². The summed E-state index contributed by atoms with van der Waals surface area (Å²) in [5.41, 5.74) is 1.56. The molecule has 1 aromatic rings. The molecule has 0 saturated carbocycles. The molecule has 1 atom stereocenters. The summed E-state index contributed by atoms with van der Waals surface area (Å²) in [5.74, 6) is -0.195. The van der Waals surface area contributed by atoms with E-state index in [1.807, 2.05) is 27.0 Å². The summed E-state index contributed by atoms with van der Waals surface area (Å²) in [5, 5.41) is 3.32. The summed E-state index contributed by atoms with van der Waals surface area (Å²) in [6.45, 7) is 5.93. The molecule has 0 aliphatic carbocycles. The maximum Gasteiger partial charge on any atom is 0.123 e. The number of ether oxygens (including phenoxy) is 2. The van der Waals surface area contributed by atoms with Crippen LogP contribution in [-0.4, -0.2) is 32.5 Å². The van der Waals surface area contributed by atoms with Crippen molar-refractivity contribution in [2.75, 3.05) is 26.9 Å². The molecule has 0 amide bonds. The van der Waals surface area contributed by atoms with Gasteiger partial charge < -0.3 is 14.8 Å². The third-order valence-corrected chi connectivity index (χ3v) is 3.98. The van der Waals surface area contributed by atoms with Crippen LogP contribution in [0.25, 0.3) is 0 Å². The summed E-state index contributed by atoms with van der Waals surface area (Å²) in [6, 6.07) is 5.15. The van der Waals surface area contributed by atoms with Crippen LogP contribution in [0, 0.1) is 12.7 Å². The SMILES string of the molecule is CCOC1(C(NC)c2cc(C)cc(F)c2)CCOCC1. The Morgan fingerprint density at radius 2 is 2.05 bits per heavy atom. The van der Waals surface area contributed by atoms with E-state index in [1.165, 1.54) is 0 Å². The zero-order valence-electron chi connectivity index (χ0n) is 12.5. The highest BCUT2D eigenvalue weighted by Gasteiger charge is 2.41. The van der Waals surface area contributed by atoms with Gasteiger partial charge in [-0.1, -0.05) is 6.07 Å². The number of aryl methyl sites for hydroxylation is 1. The molecule has 112 valence electrons. The van der Waals surface area contributed by atoms with Crippen LogP contribution in [0.1, 0.15) is 36.9 Å². The van der Waals surface area contributed by atoms with Gasteiger partial charge in [0.2, 0.25) is 0 Å². The Labute approximate surface area is 120 Å². The molecule has 0 radical (unpaired) electrons. The summed E-state index contributed by atoms with van der Waals surface area (Å²) in [7, 11) is 1.90. The van der Waals surface area contributed by atoms with Gasteiger partial charge in [-0.25, -0.2) is 4.39 Å². The zero-order valence-corrected chi connectivity index (χ0v) is 12.5. The van der Waals surface area contributed by atoms with Gasteiger partial charge in [-0.15, -0.1) is 0 Å². The van der Waals surface area contributed by atoms with Gasteiger partial charge in [-0.2, -0.15) is 0 Å². The number of hydrogen-bond donors (Lipinski definition) is 1. The lowest BCUT2D eigenvalue weighted by molar-refractivity contribution is -0.127. The van der Waals surface area contributed by atoms with E-state index in [1.54, 1.807) is 12.1 Å². The average molecular weight is 281 g/mol. The van der Waals surface area contributed by atoms with Gasteiger partial charge in [0.1, 0.15) is 5.82 Å². The normalized spacial score (nSPS) is 19.8. The average Bonchev–Trinajstić information content (AvgIpc) is 2.39. The molecule has 0 spiro atoms. The van der Waals surface area contributed by atoms with Crippen molar-refractivity contribution in [3.05, 3.63) is 35.1 Å². The molecular formula is C16H24FNO2. The Balaban J connectivity index is 2.36. The van der Waals surface area contributed by atoms with Crippen molar-refractivity contribution in [1.82, 2.24) is 5.32 Å². The van der Waals surface area contributed by atoms with Crippen LogP contribution in [0.2, 0.25) is 0 Å². The highest BCUT2D eigenvalue weighted by molar-refractivity contribution is 5.28. The highest BCUT2D eigenvalue weighted by atomic mass is 19.1. The van der Waals surface area contributed by atoms with Crippen LogP contribution in [0.3, 0.4) is 0 Å². The lowest BCUT2D eigenvalue weighted by Crippen LogP contribution is -2.49. The summed E-state index contributed by atoms with van der Waals surface area (Å²) in [4.78, 5) is 0. The van der Waals surface area contributed by atoms with Crippen molar-refractivity contribution >= 4 is 0 Å². The van der Waals surface area contributed by atoms with E-state index in [-0.39, 0.29) is 17.5 Å². The fourth-order valence-electron chi connectivity index (χ4n) is 3.19. The van der Waals surface area contributed by atoms with E-state index in [0.29, 0.717) is 19.8 Å². The minimum absolute atomic E-state index is 0.0271. The molecule has 1 saturated heterocycles. The Hall–Kier alpha value is -0.970. The van der Waals surface area contributed by atoms with Crippen molar-refractivity contribution in [3.63, 3.8) is 0 Å². The van der Waals surface area contributed by atoms with Crippen molar-refractivity contribution in [1.29, 1.82) is 0 Å². The number of benzene rings is 1. The van der Waals surface area contributed by atoms with E-state index in [0.717, 1.165) is 24.0 Å². The summed E-state index contributed by atoms with van der Waals surface area (Å²) in [6.07, 6.45) is 1.64. The Bertz CT molecular complexity index is 418. The zero-order chi connectivity index (χ0) is 14.6.